The molecule has 2 aliphatic rings. The number of amides is 1. The predicted octanol–water partition coefficient (Wildman–Crippen LogP) is 2.67. The Morgan fingerprint density at radius 2 is 1.92 bits per heavy atom. The van der Waals surface area contributed by atoms with E-state index in [1.807, 2.05) is 0 Å². The number of nitrogens with one attached hydrogen (secondary N) is 1. The van der Waals surface area contributed by atoms with Gasteiger partial charge in [-0.3, -0.25) is 4.79 Å². The van der Waals surface area contributed by atoms with Gasteiger partial charge in [0.15, 0.2) is 0 Å². The van der Waals surface area contributed by atoms with E-state index in [0.717, 1.165) is 19.3 Å². The summed E-state index contributed by atoms with van der Waals surface area (Å²) < 4.78 is 32.3. The molecule has 1 aromatic rings. The van der Waals surface area contributed by atoms with Gasteiger partial charge in [-0.25, -0.2) is 8.42 Å². The first kappa shape index (κ1) is 19.6. The van der Waals surface area contributed by atoms with Gasteiger partial charge in [0.1, 0.15) is 4.90 Å². The molecule has 144 valence electrons. The number of sulfonamides is 1. The fourth-order valence-corrected chi connectivity index (χ4v) is 5.46. The predicted molar refractivity (Wildman–Crippen MR) is 99.9 cm³/mol. The average Bonchev–Trinajstić information content (AvgIpc) is 2.64. The highest BCUT2D eigenvalue weighted by atomic mass is 35.5. The maximum atomic E-state index is 12.9. The fraction of sp³-hybridized carbons (Fsp3) is 0.611. The number of hydrogen-bond donors (Lipinski definition) is 1. The molecule has 1 aliphatic carbocycles. The molecule has 2 atom stereocenters. The monoisotopic (exact) mass is 400 g/mol. The molecular formula is C18H25ClN2O4S. The minimum Gasteiger partial charge on any atom is -0.379 e. The zero-order valence-corrected chi connectivity index (χ0v) is 16.5. The lowest BCUT2D eigenvalue weighted by Crippen LogP contribution is -2.41. The molecule has 0 spiro atoms. The van der Waals surface area contributed by atoms with Crippen LogP contribution in [-0.4, -0.2) is 51.0 Å². The van der Waals surface area contributed by atoms with Crippen molar-refractivity contribution in [3.63, 3.8) is 0 Å². The Kier molecular flexibility index (Phi) is 6.22. The largest absolute Gasteiger partial charge is 0.379 e. The van der Waals surface area contributed by atoms with Crippen LogP contribution in [0.1, 0.15) is 43.0 Å². The second kappa shape index (κ2) is 8.25. The lowest BCUT2D eigenvalue weighted by molar-refractivity contribution is 0.0730. The van der Waals surface area contributed by atoms with E-state index in [-0.39, 0.29) is 35.0 Å². The number of carbonyl (C=O) groups excluding carboxylic acids is 1. The minimum atomic E-state index is -3.75. The van der Waals surface area contributed by atoms with Crippen molar-refractivity contribution in [2.24, 2.45) is 5.92 Å². The SMILES string of the molecule is C[C@H]1CCCC[C@@H]1NC(=O)c1ccc(Cl)c(S(=O)(=O)N2CCOCC2)c1. The Hall–Kier alpha value is -1.15. The van der Waals surface area contributed by atoms with Crippen molar-refractivity contribution in [2.45, 2.75) is 43.5 Å². The Morgan fingerprint density at radius 3 is 2.62 bits per heavy atom. The number of rotatable bonds is 4. The van der Waals surface area contributed by atoms with Crippen LogP contribution in [0.4, 0.5) is 0 Å². The van der Waals surface area contributed by atoms with Crippen LogP contribution < -0.4 is 5.32 Å². The van der Waals surface area contributed by atoms with Crippen molar-refractivity contribution < 1.29 is 17.9 Å². The summed E-state index contributed by atoms with van der Waals surface area (Å²) in [6, 6.07) is 4.57. The second-order valence-corrected chi connectivity index (χ2v) is 9.32. The molecular weight excluding hydrogens is 376 g/mol. The van der Waals surface area contributed by atoms with Crippen molar-refractivity contribution in [2.75, 3.05) is 26.3 Å². The van der Waals surface area contributed by atoms with E-state index in [9.17, 15) is 13.2 Å². The quantitative estimate of drug-likeness (QED) is 0.843. The number of hydrogen-bond acceptors (Lipinski definition) is 4. The first-order chi connectivity index (χ1) is 12.4. The van der Waals surface area contributed by atoms with E-state index in [0.29, 0.717) is 24.7 Å². The molecule has 1 aliphatic heterocycles. The van der Waals surface area contributed by atoms with E-state index in [1.165, 1.54) is 22.9 Å². The number of halogens is 1. The van der Waals surface area contributed by atoms with Gasteiger partial charge in [-0.2, -0.15) is 4.31 Å². The Balaban J connectivity index is 1.81. The van der Waals surface area contributed by atoms with Gasteiger partial charge in [-0.05, 0) is 37.0 Å². The van der Waals surface area contributed by atoms with Crippen LogP contribution in [0.15, 0.2) is 23.1 Å². The summed E-state index contributed by atoms with van der Waals surface area (Å²) in [4.78, 5) is 12.6. The second-order valence-electron chi connectivity index (χ2n) is 7.00. The van der Waals surface area contributed by atoms with Crippen LogP contribution in [0.3, 0.4) is 0 Å². The third kappa shape index (κ3) is 4.22. The lowest BCUT2D eigenvalue weighted by Gasteiger charge is -2.29. The molecule has 0 bridgehead atoms. The molecule has 0 aromatic heterocycles. The Bertz CT molecular complexity index is 762. The number of carbonyl (C=O) groups is 1. The molecule has 3 rings (SSSR count). The van der Waals surface area contributed by atoms with E-state index >= 15 is 0 Å². The molecule has 1 saturated carbocycles. The van der Waals surface area contributed by atoms with Crippen LogP contribution in [0.25, 0.3) is 0 Å². The molecule has 1 amide bonds. The van der Waals surface area contributed by atoms with Crippen LogP contribution >= 0.6 is 11.6 Å². The molecule has 1 heterocycles. The third-order valence-electron chi connectivity index (χ3n) is 5.21. The summed E-state index contributed by atoms with van der Waals surface area (Å²) in [6.07, 6.45) is 4.35. The van der Waals surface area contributed by atoms with Gasteiger partial charge >= 0.3 is 0 Å². The summed E-state index contributed by atoms with van der Waals surface area (Å²) in [7, 11) is -3.75. The van der Waals surface area contributed by atoms with E-state index < -0.39 is 10.0 Å². The summed E-state index contributed by atoms with van der Waals surface area (Å²) in [5, 5.41) is 3.18. The zero-order chi connectivity index (χ0) is 18.7. The first-order valence-corrected chi connectivity index (χ1v) is 10.9. The van der Waals surface area contributed by atoms with Gasteiger partial charge in [-0.15, -0.1) is 0 Å². The van der Waals surface area contributed by atoms with Crippen molar-refractivity contribution in [1.82, 2.24) is 9.62 Å². The van der Waals surface area contributed by atoms with Gasteiger partial charge < -0.3 is 10.1 Å². The average molecular weight is 401 g/mol. The molecule has 0 radical (unpaired) electrons. The summed E-state index contributed by atoms with van der Waals surface area (Å²) in [5.74, 6) is 0.176. The van der Waals surface area contributed by atoms with Crippen LogP contribution in [-0.2, 0) is 14.8 Å². The molecule has 0 unspecified atom stereocenters. The van der Waals surface area contributed by atoms with Gasteiger partial charge in [-0.1, -0.05) is 31.4 Å². The zero-order valence-electron chi connectivity index (χ0n) is 14.9. The lowest BCUT2D eigenvalue weighted by atomic mass is 9.86. The van der Waals surface area contributed by atoms with E-state index in [1.54, 1.807) is 6.07 Å². The Labute approximate surface area is 159 Å². The van der Waals surface area contributed by atoms with Crippen LogP contribution in [0.2, 0.25) is 5.02 Å². The molecule has 6 nitrogen and oxygen atoms in total. The third-order valence-corrected chi connectivity index (χ3v) is 7.59. The number of morpholine rings is 1. The normalized spacial score (nSPS) is 25.0. The number of nitrogens with zero attached hydrogens (tertiary/aromatic N) is 1. The van der Waals surface area contributed by atoms with E-state index in [2.05, 4.69) is 12.2 Å². The maximum absolute atomic E-state index is 12.9. The number of ether oxygens (including phenoxy) is 1. The highest BCUT2D eigenvalue weighted by molar-refractivity contribution is 7.89. The van der Waals surface area contributed by atoms with Crippen molar-refractivity contribution in [3.05, 3.63) is 28.8 Å². The van der Waals surface area contributed by atoms with Gasteiger partial charge in [0, 0.05) is 24.7 Å². The van der Waals surface area contributed by atoms with Gasteiger partial charge in [0.2, 0.25) is 10.0 Å². The van der Waals surface area contributed by atoms with Crippen molar-refractivity contribution >= 4 is 27.5 Å². The molecule has 26 heavy (non-hydrogen) atoms. The first-order valence-electron chi connectivity index (χ1n) is 9.08. The molecule has 1 aromatic carbocycles. The summed E-state index contributed by atoms with van der Waals surface area (Å²) >= 11 is 6.15. The summed E-state index contributed by atoms with van der Waals surface area (Å²) in [5.41, 5.74) is 0.319. The standard InChI is InChI=1S/C18H25ClN2O4S/c1-13-4-2-3-5-16(13)20-18(22)14-6-7-15(19)17(12-14)26(23,24)21-8-10-25-11-9-21/h6-7,12-13,16H,2-5,8-11H2,1H3,(H,20,22)/t13-,16-/m0/s1. The van der Waals surface area contributed by atoms with E-state index in [4.69, 9.17) is 16.3 Å². The van der Waals surface area contributed by atoms with Crippen molar-refractivity contribution in [3.8, 4) is 0 Å². The highest BCUT2D eigenvalue weighted by Crippen LogP contribution is 2.27. The van der Waals surface area contributed by atoms with Gasteiger partial charge in [0.05, 0.1) is 18.2 Å². The molecule has 8 heteroatoms. The molecule has 1 saturated heterocycles. The topological polar surface area (TPSA) is 75.7 Å². The Morgan fingerprint density at radius 1 is 1.23 bits per heavy atom. The minimum absolute atomic E-state index is 0.0228. The fourth-order valence-electron chi connectivity index (χ4n) is 3.55. The van der Waals surface area contributed by atoms with Crippen LogP contribution in [0, 0.1) is 5.92 Å². The smallest absolute Gasteiger partial charge is 0.251 e. The molecule has 1 N–H and O–H groups in total. The van der Waals surface area contributed by atoms with Gasteiger partial charge in [0.25, 0.3) is 5.91 Å². The van der Waals surface area contributed by atoms with Crippen molar-refractivity contribution in [1.29, 1.82) is 0 Å². The highest BCUT2D eigenvalue weighted by Gasteiger charge is 2.30. The summed E-state index contributed by atoms with van der Waals surface area (Å²) in [6.45, 7) is 3.43. The number of benzene rings is 1. The molecule has 2 fully saturated rings. The maximum Gasteiger partial charge on any atom is 0.251 e. The van der Waals surface area contributed by atoms with Crippen LogP contribution in [0.5, 0.6) is 0 Å².